The third-order valence-electron chi connectivity index (χ3n) is 3.12. The second kappa shape index (κ2) is 6.29. The maximum atomic E-state index is 6.00. The number of hydrogen-bond acceptors (Lipinski definition) is 3. The van der Waals surface area contributed by atoms with Crippen LogP contribution in [0.4, 0.5) is 0 Å². The van der Waals surface area contributed by atoms with Crippen LogP contribution >= 0.6 is 11.6 Å². The van der Waals surface area contributed by atoms with E-state index in [1.807, 2.05) is 42.8 Å². The quantitative estimate of drug-likeness (QED) is 0.918. The highest BCUT2D eigenvalue weighted by atomic mass is 35.5. The maximum Gasteiger partial charge on any atom is 0.130 e. The molecule has 108 valence electrons. The molecule has 2 N–H and O–H groups in total. The highest BCUT2D eigenvalue weighted by Crippen LogP contribution is 2.28. The molecule has 0 aliphatic rings. The SMILES string of the molecule is CCn1nc(C)cc1COc1ccc(Cl)cc1[C@H](C)N. The number of nitrogens with two attached hydrogens (primary N) is 1. The Labute approximate surface area is 124 Å². The molecule has 0 fully saturated rings. The number of hydrogen-bond donors (Lipinski definition) is 1. The molecule has 0 aliphatic heterocycles. The maximum absolute atomic E-state index is 6.00. The number of benzene rings is 1. The summed E-state index contributed by atoms with van der Waals surface area (Å²) < 4.78 is 7.84. The molecule has 4 nitrogen and oxygen atoms in total. The van der Waals surface area contributed by atoms with Crippen molar-refractivity contribution in [3.63, 3.8) is 0 Å². The van der Waals surface area contributed by atoms with Gasteiger partial charge in [0.2, 0.25) is 0 Å². The van der Waals surface area contributed by atoms with Crippen LogP contribution in [0.1, 0.15) is 36.8 Å². The van der Waals surface area contributed by atoms with Gasteiger partial charge in [-0.15, -0.1) is 0 Å². The molecule has 1 aromatic carbocycles. The van der Waals surface area contributed by atoms with Crippen molar-refractivity contribution in [3.05, 3.63) is 46.2 Å². The predicted molar refractivity (Wildman–Crippen MR) is 81.0 cm³/mol. The van der Waals surface area contributed by atoms with Gasteiger partial charge in [0, 0.05) is 23.2 Å². The van der Waals surface area contributed by atoms with Gasteiger partial charge < -0.3 is 10.5 Å². The van der Waals surface area contributed by atoms with E-state index in [1.165, 1.54) is 0 Å². The Morgan fingerprint density at radius 3 is 2.80 bits per heavy atom. The third-order valence-corrected chi connectivity index (χ3v) is 3.36. The Bertz CT molecular complexity index is 593. The first-order valence-electron chi connectivity index (χ1n) is 6.72. The fraction of sp³-hybridized carbons (Fsp3) is 0.400. The summed E-state index contributed by atoms with van der Waals surface area (Å²) in [6.45, 7) is 7.25. The molecule has 0 saturated heterocycles. The average Bonchev–Trinajstić information content (AvgIpc) is 2.77. The highest BCUT2D eigenvalue weighted by molar-refractivity contribution is 6.30. The summed E-state index contributed by atoms with van der Waals surface area (Å²) in [5, 5.41) is 5.07. The molecule has 5 heteroatoms. The Hall–Kier alpha value is -1.52. The van der Waals surface area contributed by atoms with Gasteiger partial charge in [-0.25, -0.2) is 0 Å². The first kappa shape index (κ1) is 14.9. The average molecular weight is 294 g/mol. The van der Waals surface area contributed by atoms with E-state index in [1.54, 1.807) is 0 Å². The second-order valence-corrected chi connectivity index (χ2v) is 5.29. The first-order chi connectivity index (χ1) is 9.51. The lowest BCUT2D eigenvalue weighted by atomic mass is 10.1. The van der Waals surface area contributed by atoms with Gasteiger partial charge in [0.1, 0.15) is 12.4 Å². The number of aryl methyl sites for hydroxylation is 2. The minimum atomic E-state index is -0.124. The van der Waals surface area contributed by atoms with Gasteiger partial charge >= 0.3 is 0 Å². The Morgan fingerprint density at radius 2 is 2.15 bits per heavy atom. The first-order valence-corrected chi connectivity index (χ1v) is 7.10. The van der Waals surface area contributed by atoms with Crippen LogP contribution in [0.25, 0.3) is 0 Å². The third kappa shape index (κ3) is 3.32. The fourth-order valence-corrected chi connectivity index (χ4v) is 2.33. The van der Waals surface area contributed by atoms with E-state index >= 15 is 0 Å². The lowest BCUT2D eigenvalue weighted by molar-refractivity contribution is 0.288. The molecule has 0 spiro atoms. The van der Waals surface area contributed by atoms with E-state index in [0.717, 1.165) is 29.2 Å². The van der Waals surface area contributed by atoms with Crippen LogP contribution in [0.2, 0.25) is 5.02 Å². The van der Waals surface area contributed by atoms with E-state index in [9.17, 15) is 0 Å². The highest BCUT2D eigenvalue weighted by Gasteiger charge is 2.11. The van der Waals surface area contributed by atoms with Gasteiger partial charge in [-0.2, -0.15) is 5.10 Å². The second-order valence-electron chi connectivity index (χ2n) is 4.85. The van der Waals surface area contributed by atoms with Crippen molar-refractivity contribution >= 4 is 11.6 Å². The molecule has 0 saturated carbocycles. The predicted octanol–water partition coefficient (Wildman–Crippen LogP) is 3.46. The van der Waals surface area contributed by atoms with Crippen molar-refractivity contribution in [2.24, 2.45) is 5.73 Å². The van der Waals surface area contributed by atoms with Crippen LogP contribution in [-0.2, 0) is 13.2 Å². The van der Waals surface area contributed by atoms with Gasteiger partial charge in [-0.3, -0.25) is 4.68 Å². The number of halogens is 1. The fourth-order valence-electron chi connectivity index (χ4n) is 2.15. The van der Waals surface area contributed by atoms with E-state index in [4.69, 9.17) is 22.1 Å². The van der Waals surface area contributed by atoms with Crippen molar-refractivity contribution in [3.8, 4) is 5.75 Å². The van der Waals surface area contributed by atoms with Crippen molar-refractivity contribution in [2.75, 3.05) is 0 Å². The molecule has 2 rings (SSSR count). The molecule has 2 aromatic rings. The molecule has 1 atom stereocenters. The monoisotopic (exact) mass is 293 g/mol. The van der Waals surface area contributed by atoms with Crippen molar-refractivity contribution < 1.29 is 4.74 Å². The summed E-state index contributed by atoms with van der Waals surface area (Å²) in [7, 11) is 0. The summed E-state index contributed by atoms with van der Waals surface area (Å²) in [6.07, 6.45) is 0. The lowest BCUT2D eigenvalue weighted by Gasteiger charge is -2.14. The molecule has 0 unspecified atom stereocenters. The van der Waals surface area contributed by atoms with Crippen LogP contribution in [-0.4, -0.2) is 9.78 Å². The van der Waals surface area contributed by atoms with Crippen molar-refractivity contribution in [1.29, 1.82) is 0 Å². The van der Waals surface area contributed by atoms with Gasteiger partial charge in [0.25, 0.3) is 0 Å². The Kier molecular flexibility index (Phi) is 4.68. The standard InChI is InChI=1S/C15H20ClN3O/c1-4-19-13(7-10(2)18-19)9-20-15-6-5-12(16)8-14(15)11(3)17/h5-8,11H,4,9,17H2,1-3H3/t11-/m0/s1. The normalized spacial score (nSPS) is 12.4. The molecule has 0 amide bonds. The Balaban J connectivity index is 2.18. The topological polar surface area (TPSA) is 53.1 Å². The van der Waals surface area contributed by atoms with E-state index < -0.39 is 0 Å². The summed E-state index contributed by atoms with van der Waals surface area (Å²) in [5.41, 5.74) is 8.92. The minimum absolute atomic E-state index is 0.124. The zero-order valence-electron chi connectivity index (χ0n) is 12.1. The molecule has 1 heterocycles. The molecule has 0 bridgehead atoms. The van der Waals surface area contributed by atoms with E-state index in [2.05, 4.69) is 12.0 Å². The molecule has 0 aliphatic carbocycles. The number of aromatic nitrogens is 2. The molecular weight excluding hydrogens is 274 g/mol. The number of ether oxygens (including phenoxy) is 1. The number of nitrogens with zero attached hydrogens (tertiary/aromatic N) is 2. The molecular formula is C15H20ClN3O. The Morgan fingerprint density at radius 1 is 1.40 bits per heavy atom. The zero-order chi connectivity index (χ0) is 14.7. The molecule has 20 heavy (non-hydrogen) atoms. The molecule has 1 aromatic heterocycles. The summed E-state index contributed by atoms with van der Waals surface area (Å²) >= 11 is 6.00. The van der Waals surface area contributed by atoms with Crippen LogP contribution in [0, 0.1) is 6.92 Å². The summed E-state index contributed by atoms with van der Waals surface area (Å²) in [5.74, 6) is 0.769. The van der Waals surface area contributed by atoms with Gasteiger partial charge in [-0.1, -0.05) is 11.6 Å². The van der Waals surface area contributed by atoms with E-state index in [0.29, 0.717) is 11.6 Å². The van der Waals surface area contributed by atoms with Crippen LogP contribution in [0.5, 0.6) is 5.75 Å². The lowest BCUT2D eigenvalue weighted by Crippen LogP contribution is -2.10. The summed E-state index contributed by atoms with van der Waals surface area (Å²) in [4.78, 5) is 0. The molecule has 0 radical (unpaired) electrons. The van der Waals surface area contributed by atoms with Gasteiger partial charge in [-0.05, 0) is 45.0 Å². The van der Waals surface area contributed by atoms with E-state index in [-0.39, 0.29) is 6.04 Å². The zero-order valence-corrected chi connectivity index (χ0v) is 12.8. The largest absolute Gasteiger partial charge is 0.487 e. The van der Waals surface area contributed by atoms with Gasteiger partial charge in [0.05, 0.1) is 11.4 Å². The van der Waals surface area contributed by atoms with Crippen LogP contribution in [0.15, 0.2) is 24.3 Å². The van der Waals surface area contributed by atoms with Crippen LogP contribution in [0.3, 0.4) is 0 Å². The minimum Gasteiger partial charge on any atom is -0.487 e. The number of rotatable bonds is 5. The smallest absolute Gasteiger partial charge is 0.130 e. The van der Waals surface area contributed by atoms with Gasteiger partial charge in [0.15, 0.2) is 0 Å². The van der Waals surface area contributed by atoms with Crippen LogP contribution < -0.4 is 10.5 Å². The van der Waals surface area contributed by atoms with Crippen molar-refractivity contribution in [2.45, 2.75) is 40.0 Å². The van der Waals surface area contributed by atoms with Crippen molar-refractivity contribution in [1.82, 2.24) is 9.78 Å². The summed E-state index contributed by atoms with van der Waals surface area (Å²) in [6, 6.07) is 7.43.